The van der Waals surface area contributed by atoms with E-state index in [1.807, 2.05) is 0 Å². The van der Waals surface area contributed by atoms with Crippen molar-refractivity contribution in [2.24, 2.45) is 5.18 Å². The van der Waals surface area contributed by atoms with E-state index in [1.165, 1.54) is 6.07 Å². The minimum atomic E-state index is -0.319. The van der Waals surface area contributed by atoms with Crippen LogP contribution in [0, 0.1) is 4.91 Å². The van der Waals surface area contributed by atoms with Gasteiger partial charge in [-0.05, 0) is 17.3 Å². The molecule has 0 saturated heterocycles. The molecule has 0 aliphatic heterocycles. The van der Waals surface area contributed by atoms with E-state index in [-0.39, 0.29) is 11.2 Å². The highest BCUT2D eigenvalue weighted by atomic mass is 16.3. The average Bonchev–Trinajstić information content (AvgIpc) is 2.48. The number of aromatic amines is 2. The third-order valence-electron chi connectivity index (χ3n) is 1.68. The monoisotopic (exact) mass is 163 g/mol. The van der Waals surface area contributed by atoms with Gasteiger partial charge in [0.1, 0.15) is 5.69 Å². The molecule has 0 spiro atoms. The first-order chi connectivity index (χ1) is 5.83. The topological polar surface area (TPSA) is 78.1 Å². The number of nitroso groups, excluding NO2 is 1. The van der Waals surface area contributed by atoms with Crippen molar-refractivity contribution in [3.8, 4) is 0 Å². The highest BCUT2D eigenvalue weighted by molar-refractivity contribution is 5.88. The van der Waals surface area contributed by atoms with Gasteiger partial charge < -0.3 is 0 Å². The zero-order valence-corrected chi connectivity index (χ0v) is 6.00. The minimum absolute atomic E-state index is 0.162. The second-order valence-corrected chi connectivity index (χ2v) is 2.37. The Morgan fingerprint density at radius 3 is 2.83 bits per heavy atom. The van der Waals surface area contributed by atoms with Crippen molar-refractivity contribution in [1.29, 1.82) is 0 Å². The van der Waals surface area contributed by atoms with Crippen molar-refractivity contribution >= 4 is 16.6 Å². The van der Waals surface area contributed by atoms with Crippen LogP contribution in [0.1, 0.15) is 0 Å². The predicted molar refractivity (Wildman–Crippen MR) is 44.4 cm³/mol. The smallest absolute Gasteiger partial charge is 0.274 e. The summed E-state index contributed by atoms with van der Waals surface area (Å²) in [6.45, 7) is 0. The molecule has 5 nitrogen and oxygen atoms in total. The molecule has 5 heteroatoms. The van der Waals surface area contributed by atoms with Crippen LogP contribution >= 0.6 is 0 Å². The number of nitrogens with one attached hydrogen (secondary N) is 2. The molecule has 1 heterocycles. The molecular weight excluding hydrogens is 158 g/mol. The fraction of sp³-hybridized carbons (Fsp3) is 0. The van der Waals surface area contributed by atoms with Crippen molar-refractivity contribution in [2.75, 3.05) is 0 Å². The zero-order valence-electron chi connectivity index (χ0n) is 6.00. The lowest BCUT2D eigenvalue weighted by atomic mass is 10.2. The van der Waals surface area contributed by atoms with Crippen LogP contribution in [0.3, 0.4) is 0 Å². The SMILES string of the molecule is O=Nc1cccc2[nH][nH]c(=O)c12. The third-order valence-corrected chi connectivity index (χ3v) is 1.68. The van der Waals surface area contributed by atoms with Gasteiger partial charge in [-0.25, -0.2) is 0 Å². The Morgan fingerprint density at radius 1 is 1.25 bits per heavy atom. The van der Waals surface area contributed by atoms with Gasteiger partial charge in [-0.3, -0.25) is 15.0 Å². The van der Waals surface area contributed by atoms with E-state index in [4.69, 9.17) is 0 Å². The summed E-state index contributed by atoms with van der Waals surface area (Å²) >= 11 is 0. The maximum atomic E-state index is 11.1. The van der Waals surface area contributed by atoms with E-state index in [0.29, 0.717) is 10.9 Å². The summed E-state index contributed by atoms with van der Waals surface area (Å²) < 4.78 is 0. The number of fused-ring (bicyclic) bond motifs is 1. The highest BCUT2D eigenvalue weighted by Crippen LogP contribution is 2.19. The number of benzene rings is 1. The maximum absolute atomic E-state index is 11.1. The van der Waals surface area contributed by atoms with Crippen molar-refractivity contribution in [2.45, 2.75) is 0 Å². The van der Waals surface area contributed by atoms with E-state index in [9.17, 15) is 9.70 Å². The van der Waals surface area contributed by atoms with Crippen molar-refractivity contribution in [1.82, 2.24) is 10.2 Å². The third kappa shape index (κ3) is 0.763. The van der Waals surface area contributed by atoms with Gasteiger partial charge in [0, 0.05) is 0 Å². The molecular formula is C7H5N3O2. The summed E-state index contributed by atoms with van der Waals surface area (Å²) in [6.07, 6.45) is 0. The molecule has 0 atom stereocenters. The van der Waals surface area contributed by atoms with Crippen molar-refractivity contribution in [3.05, 3.63) is 33.5 Å². The van der Waals surface area contributed by atoms with E-state index in [1.54, 1.807) is 12.1 Å². The number of nitrogens with zero attached hydrogens (tertiary/aromatic N) is 1. The van der Waals surface area contributed by atoms with Crippen molar-refractivity contribution in [3.63, 3.8) is 0 Å². The number of hydrogen-bond donors (Lipinski definition) is 2. The quantitative estimate of drug-likeness (QED) is 0.620. The van der Waals surface area contributed by atoms with Gasteiger partial charge in [0.2, 0.25) is 0 Å². The van der Waals surface area contributed by atoms with E-state index in [0.717, 1.165) is 0 Å². The van der Waals surface area contributed by atoms with Crippen LogP contribution in [-0.2, 0) is 0 Å². The lowest BCUT2D eigenvalue weighted by molar-refractivity contribution is 1.08. The summed E-state index contributed by atoms with van der Waals surface area (Å²) in [4.78, 5) is 21.3. The fourth-order valence-corrected chi connectivity index (χ4v) is 1.15. The first-order valence-electron chi connectivity index (χ1n) is 3.35. The van der Waals surface area contributed by atoms with Crippen LogP contribution in [0.5, 0.6) is 0 Å². The Kier molecular flexibility index (Phi) is 1.30. The van der Waals surface area contributed by atoms with Crippen LogP contribution in [0.15, 0.2) is 28.2 Å². The van der Waals surface area contributed by atoms with E-state index >= 15 is 0 Å². The molecule has 2 N–H and O–H groups in total. The highest BCUT2D eigenvalue weighted by Gasteiger charge is 2.05. The Hall–Kier alpha value is -1.91. The number of H-pyrrole nitrogens is 2. The average molecular weight is 163 g/mol. The van der Waals surface area contributed by atoms with Crippen LogP contribution < -0.4 is 5.56 Å². The van der Waals surface area contributed by atoms with Crippen LogP contribution in [-0.4, -0.2) is 10.2 Å². The Labute approximate surface area is 66.4 Å². The number of rotatable bonds is 1. The van der Waals surface area contributed by atoms with Crippen LogP contribution in [0.2, 0.25) is 0 Å². The molecule has 60 valence electrons. The normalized spacial score (nSPS) is 10.3. The van der Waals surface area contributed by atoms with Gasteiger partial charge in [-0.1, -0.05) is 6.07 Å². The second-order valence-electron chi connectivity index (χ2n) is 2.37. The van der Waals surface area contributed by atoms with Crippen LogP contribution in [0.4, 0.5) is 5.69 Å². The lowest BCUT2D eigenvalue weighted by Gasteiger charge is -1.87. The molecule has 2 rings (SSSR count). The summed E-state index contributed by atoms with van der Waals surface area (Å²) in [6, 6.07) is 4.85. The molecule has 0 radical (unpaired) electrons. The molecule has 0 fully saturated rings. The molecule has 0 saturated carbocycles. The van der Waals surface area contributed by atoms with Gasteiger partial charge in [-0.15, -0.1) is 4.91 Å². The van der Waals surface area contributed by atoms with Gasteiger partial charge in [0.25, 0.3) is 5.56 Å². The Morgan fingerprint density at radius 2 is 2.08 bits per heavy atom. The Balaban J connectivity index is 3.03. The first kappa shape index (κ1) is 6.78. The summed E-state index contributed by atoms with van der Waals surface area (Å²) in [5.74, 6) is 0. The maximum Gasteiger partial charge on any atom is 0.274 e. The Bertz CT molecular complexity index is 483. The summed E-state index contributed by atoms with van der Waals surface area (Å²) in [7, 11) is 0. The molecule has 0 bridgehead atoms. The van der Waals surface area contributed by atoms with Gasteiger partial charge >= 0.3 is 0 Å². The standard InChI is InChI=1S/C7H5N3O2/c11-7-6-4(8-9-7)2-1-3-5(6)10-12/h1-3H,(H2,8,9,11). The molecule has 0 aliphatic rings. The van der Waals surface area contributed by atoms with Crippen molar-refractivity contribution < 1.29 is 0 Å². The molecule has 12 heavy (non-hydrogen) atoms. The van der Waals surface area contributed by atoms with Gasteiger partial charge in [-0.2, -0.15) is 0 Å². The number of hydrogen-bond acceptors (Lipinski definition) is 3. The van der Waals surface area contributed by atoms with Gasteiger partial charge in [0.15, 0.2) is 0 Å². The molecule has 0 aliphatic carbocycles. The molecule has 1 aromatic heterocycles. The molecule has 0 unspecified atom stereocenters. The summed E-state index contributed by atoms with van der Waals surface area (Å²) in [5, 5.41) is 8.05. The fourth-order valence-electron chi connectivity index (χ4n) is 1.15. The van der Waals surface area contributed by atoms with E-state index in [2.05, 4.69) is 15.4 Å². The molecule has 1 aromatic carbocycles. The summed E-state index contributed by atoms with van der Waals surface area (Å²) in [5.41, 5.74) is 0.437. The van der Waals surface area contributed by atoms with Crippen LogP contribution in [0.25, 0.3) is 10.9 Å². The van der Waals surface area contributed by atoms with E-state index < -0.39 is 0 Å². The lowest BCUT2D eigenvalue weighted by Crippen LogP contribution is -1.97. The van der Waals surface area contributed by atoms with Gasteiger partial charge in [0.05, 0.1) is 10.9 Å². The zero-order chi connectivity index (χ0) is 8.55. The molecule has 2 aromatic rings. The minimum Gasteiger partial charge on any atom is -0.297 e. The molecule has 0 amide bonds. The second kappa shape index (κ2) is 2.30. The predicted octanol–water partition coefficient (Wildman–Crippen LogP) is 1.25. The largest absolute Gasteiger partial charge is 0.297 e. The first-order valence-corrected chi connectivity index (χ1v) is 3.35. The number of aromatic nitrogens is 2.